The highest BCUT2D eigenvalue weighted by molar-refractivity contribution is 7.80. The molecule has 8 heteroatoms. The van der Waals surface area contributed by atoms with Gasteiger partial charge in [0.05, 0.1) is 13.1 Å². The smallest absolute Gasteiger partial charge is 0.246 e. The third kappa shape index (κ3) is 5.05. The van der Waals surface area contributed by atoms with Crippen LogP contribution < -0.4 is 15.5 Å². The second-order valence-electron chi connectivity index (χ2n) is 6.04. The molecular formula is C15H27N5O2S+2. The summed E-state index contributed by atoms with van der Waals surface area (Å²) < 4.78 is 0. The summed E-state index contributed by atoms with van der Waals surface area (Å²) in [4.78, 5) is 31.8. The van der Waals surface area contributed by atoms with Gasteiger partial charge in [0, 0.05) is 12.8 Å². The van der Waals surface area contributed by atoms with Crippen LogP contribution in [0, 0.1) is 5.92 Å². The number of nitrogens with two attached hydrogens (primary N) is 1. The highest BCUT2D eigenvalue weighted by atomic mass is 32.1. The molecule has 0 spiro atoms. The predicted molar refractivity (Wildman–Crippen MR) is 91.4 cm³/mol. The van der Waals surface area contributed by atoms with E-state index in [2.05, 4.69) is 22.5 Å². The lowest BCUT2D eigenvalue weighted by atomic mass is 10.1. The maximum Gasteiger partial charge on any atom is 0.246 e. The Bertz CT molecular complexity index is 476. The number of rotatable bonds is 7. The van der Waals surface area contributed by atoms with Crippen molar-refractivity contribution in [1.82, 2.24) is 10.2 Å². The molecule has 2 heterocycles. The summed E-state index contributed by atoms with van der Waals surface area (Å²) in [5.41, 5.74) is 0. The maximum atomic E-state index is 12.4. The van der Waals surface area contributed by atoms with Crippen LogP contribution >= 0.6 is 12.2 Å². The Labute approximate surface area is 142 Å². The van der Waals surface area contributed by atoms with Crippen molar-refractivity contribution in [3.05, 3.63) is 0 Å². The van der Waals surface area contributed by atoms with E-state index in [4.69, 9.17) is 12.2 Å². The molecule has 7 nitrogen and oxygen atoms in total. The number of nitrogens with zero attached hydrogens (tertiary/aromatic N) is 2. The predicted octanol–water partition coefficient (Wildman–Crippen LogP) is -2.82. The van der Waals surface area contributed by atoms with Crippen molar-refractivity contribution in [2.75, 3.05) is 45.8 Å². The van der Waals surface area contributed by atoms with Gasteiger partial charge in [-0.15, -0.1) is 0 Å². The van der Waals surface area contributed by atoms with Crippen LogP contribution in [0.4, 0.5) is 0 Å². The molecule has 4 N–H and O–H groups in total. The number of amides is 2. The third-order valence-corrected chi connectivity index (χ3v) is 4.60. The average Bonchev–Trinajstić information content (AvgIpc) is 2.54. The number of unbranched alkanes of at least 4 members (excludes halogenated alkanes) is 1. The monoisotopic (exact) mass is 341 g/mol. The first-order valence-electron chi connectivity index (χ1n) is 8.45. The Morgan fingerprint density at radius 3 is 2.87 bits per heavy atom. The number of thiocarbonyl (C=S) groups is 1. The molecule has 0 aromatic carbocycles. The van der Waals surface area contributed by atoms with Crippen LogP contribution in [0.25, 0.3) is 0 Å². The standard InChI is InChI=1S/C15H25N5O2S/c1-2-3-7-20-14(22)12(13(21)18-15(20)23)11-17-6-10-19-8-4-16-5-9-19/h11-12,16H,2-10H2,1H3,(H,18,21,23)/p+2/t12-/m1/s1. The van der Waals surface area contributed by atoms with Crippen LogP contribution in [-0.4, -0.2) is 73.9 Å². The summed E-state index contributed by atoms with van der Waals surface area (Å²) in [7, 11) is 0. The highest BCUT2D eigenvalue weighted by Crippen LogP contribution is 2.10. The van der Waals surface area contributed by atoms with E-state index >= 15 is 0 Å². The summed E-state index contributed by atoms with van der Waals surface area (Å²) in [5.74, 6) is -1.46. The molecule has 0 unspecified atom stereocenters. The van der Waals surface area contributed by atoms with Crippen molar-refractivity contribution in [2.24, 2.45) is 10.9 Å². The van der Waals surface area contributed by atoms with E-state index in [0.717, 1.165) is 45.6 Å². The summed E-state index contributed by atoms with van der Waals surface area (Å²) in [5, 5.41) is 5.15. The fourth-order valence-electron chi connectivity index (χ4n) is 2.82. The SMILES string of the molecule is CCCCN1C(=O)[C@H](C=NCC[NH+]2CC[NH2+]CC2)C(=O)NC1=S. The Kier molecular flexibility index (Phi) is 7.07. The number of piperazine rings is 1. The van der Waals surface area contributed by atoms with Crippen LogP contribution in [0.15, 0.2) is 4.99 Å². The number of quaternary nitrogens is 2. The van der Waals surface area contributed by atoms with E-state index in [-0.39, 0.29) is 16.9 Å². The Balaban J connectivity index is 1.86. The van der Waals surface area contributed by atoms with Gasteiger partial charge in [-0.3, -0.25) is 19.5 Å². The van der Waals surface area contributed by atoms with Gasteiger partial charge in [-0.25, -0.2) is 0 Å². The van der Waals surface area contributed by atoms with Crippen molar-refractivity contribution >= 4 is 35.4 Å². The van der Waals surface area contributed by atoms with Gasteiger partial charge in [0.1, 0.15) is 26.2 Å². The molecule has 2 fully saturated rings. The molecule has 0 bridgehead atoms. The number of hydrogen-bond donors (Lipinski definition) is 3. The molecule has 0 saturated carbocycles. The van der Waals surface area contributed by atoms with Crippen LogP contribution in [0.1, 0.15) is 19.8 Å². The molecule has 128 valence electrons. The second kappa shape index (κ2) is 9.05. The number of nitrogens with one attached hydrogen (secondary N) is 2. The first kappa shape index (κ1) is 18.0. The van der Waals surface area contributed by atoms with Crippen molar-refractivity contribution in [3.63, 3.8) is 0 Å². The quantitative estimate of drug-likeness (QED) is 0.265. The minimum Gasteiger partial charge on any atom is -0.337 e. The van der Waals surface area contributed by atoms with Gasteiger partial charge in [-0.2, -0.15) is 0 Å². The summed E-state index contributed by atoms with van der Waals surface area (Å²) in [6.07, 6.45) is 3.32. The molecule has 0 aromatic rings. The van der Waals surface area contributed by atoms with E-state index in [0.29, 0.717) is 13.1 Å². The lowest BCUT2D eigenvalue weighted by Crippen LogP contribution is -3.20. The minimum absolute atomic E-state index is 0.215. The molecule has 2 rings (SSSR count). The molecular weight excluding hydrogens is 314 g/mol. The molecule has 2 aliphatic rings. The van der Waals surface area contributed by atoms with Crippen LogP contribution in [-0.2, 0) is 9.59 Å². The zero-order valence-electron chi connectivity index (χ0n) is 13.7. The van der Waals surface area contributed by atoms with Crippen LogP contribution in [0.3, 0.4) is 0 Å². The zero-order valence-corrected chi connectivity index (χ0v) is 14.5. The van der Waals surface area contributed by atoms with Crippen LogP contribution in [0.5, 0.6) is 0 Å². The van der Waals surface area contributed by atoms with Gasteiger partial charge in [-0.05, 0) is 18.6 Å². The first-order valence-corrected chi connectivity index (χ1v) is 8.85. The highest BCUT2D eigenvalue weighted by Gasteiger charge is 2.36. The third-order valence-electron chi connectivity index (χ3n) is 4.28. The fraction of sp³-hybridized carbons (Fsp3) is 0.733. The van der Waals surface area contributed by atoms with Gasteiger partial charge in [0.25, 0.3) is 0 Å². The molecule has 23 heavy (non-hydrogen) atoms. The number of carbonyl (C=O) groups excluding carboxylic acids is 2. The molecule has 0 radical (unpaired) electrons. The summed E-state index contributed by atoms with van der Waals surface area (Å²) >= 11 is 5.09. The van der Waals surface area contributed by atoms with Crippen molar-refractivity contribution < 1.29 is 19.8 Å². The van der Waals surface area contributed by atoms with E-state index in [1.165, 1.54) is 16.0 Å². The van der Waals surface area contributed by atoms with Gasteiger partial charge < -0.3 is 15.5 Å². The molecule has 1 atom stereocenters. The number of aliphatic imine (C=N–C) groups is 1. The van der Waals surface area contributed by atoms with E-state index in [9.17, 15) is 9.59 Å². The number of hydrogen-bond acceptors (Lipinski definition) is 4. The van der Waals surface area contributed by atoms with E-state index in [1.54, 1.807) is 0 Å². The lowest BCUT2D eigenvalue weighted by molar-refractivity contribution is -0.945. The van der Waals surface area contributed by atoms with Gasteiger partial charge in [0.2, 0.25) is 11.8 Å². The van der Waals surface area contributed by atoms with Crippen molar-refractivity contribution in [2.45, 2.75) is 19.8 Å². The Morgan fingerprint density at radius 2 is 2.17 bits per heavy atom. The Morgan fingerprint density at radius 1 is 1.43 bits per heavy atom. The second-order valence-corrected chi connectivity index (χ2v) is 6.42. The molecule has 2 amide bonds. The lowest BCUT2D eigenvalue weighted by Gasteiger charge is -2.30. The maximum absolute atomic E-state index is 12.4. The summed E-state index contributed by atoms with van der Waals surface area (Å²) in [6, 6.07) is 0. The molecule has 0 aliphatic carbocycles. The topological polar surface area (TPSA) is 82.8 Å². The number of carbonyl (C=O) groups is 2. The van der Waals surface area contributed by atoms with Gasteiger partial charge in [-0.1, -0.05) is 13.3 Å². The Hall–Kier alpha value is -1.38. The van der Waals surface area contributed by atoms with Crippen molar-refractivity contribution in [1.29, 1.82) is 0 Å². The molecule has 2 aliphatic heterocycles. The van der Waals surface area contributed by atoms with Crippen LogP contribution in [0.2, 0.25) is 0 Å². The first-order chi connectivity index (χ1) is 11.1. The fourth-order valence-corrected chi connectivity index (χ4v) is 3.11. The van der Waals surface area contributed by atoms with E-state index in [1.807, 2.05) is 0 Å². The summed E-state index contributed by atoms with van der Waals surface area (Å²) in [6.45, 7) is 8.81. The average molecular weight is 341 g/mol. The van der Waals surface area contributed by atoms with E-state index < -0.39 is 5.92 Å². The van der Waals surface area contributed by atoms with Gasteiger partial charge >= 0.3 is 0 Å². The van der Waals surface area contributed by atoms with Crippen molar-refractivity contribution in [3.8, 4) is 0 Å². The minimum atomic E-state index is -0.844. The molecule has 0 aromatic heterocycles. The zero-order chi connectivity index (χ0) is 16.7. The molecule has 2 saturated heterocycles. The largest absolute Gasteiger partial charge is 0.337 e. The van der Waals surface area contributed by atoms with Gasteiger partial charge in [0.15, 0.2) is 11.0 Å². The normalized spacial score (nSPS) is 23.6.